The normalized spacial score (nSPS) is 14.5. The number of fused-ring (bicyclic) bond motifs is 2. The van der Waals surface area contributed by atoms with Crippen molar-refractivity contribution in [3.05, 3.63) is 59.7 Å². The maximum Gasteiger partial charge on any atom is 0.401 e. The summed E-state index contributed by atoms with van der Waals surface area (Å²) < 4.78 is 42.7. The Hall–Kier alpha value is -2.87. The summed E-state index contributed by atoms with van der Waals surface area (Å²) in [7, 11) is 1.18. The first-order valence-corrected chi connectivity index (χ1v) is 9.60. The van der Waals surface area contributed by atoms with Crippen LogP contribution < -0.4 is 4.90 Å². The van der Waals surface area contributed by atoms with Gasteiger partial charge in [0.25, 0.3) is 5.91 Å². The molecule has 0 aromatic heterocycles. The molecule has 1 aliphatic rings. The zero-order valence-corrected chi connectivity index (χ0v) is 16.8. The maximum atomic E-state index is 13.1. The number of ether oxygens (including phenoxy) is 1. The van der Waals surface area contributed by atoms with Crippen LogP contribution in [0.25, 0.3) is 0 Å². The number of likely N-dealkylation sites (N-methyl/N-ethyl adjacent to an activating group) is 1. The average molecular weight is 420 g/mol. The summed E-state index contributed by atoms with van der Waals surface area (Å²) in [4.78, 5) is 27.6. The number of anilines is 2. The molecular formula is C22H23F3N2O3. The van der Waals surface area contributed by atoms with E-state index in [1.165, 1.54) is 18.9 Å². The van der Waals surface area contributed by atoms with Crippen LogP contribution in [0, 0.1) is 0 Å². The second kappa shape index (κ2) is 8.87. The third-order valence-electron chi connectivity index (χ3n) is 5.15. The molecule has 0 N–H and O–H groups in total. The quantitative estimate of drug-likeness (QED) is 0.689. The van der Waals surface area contributed by atoms with E-state index in [2.05, 4.69) is 0 Å². The number of benzene rings is 2. The summed E-state index contributed by atoms with van der Waals surface area (Å²) in [5.74, 6) is -1.35. The SMILES string of the molecule is CC(C(=O)OCC(=O)N1c2ccccc2CCc2ccccc21)N(C)CC(F)(F)F. The van der Waals surface area contributed by atoms with Crippen molar-refractivity contribution in [2.24, 2.45) is 0 Å². The first kappa shape index (κ1) is 21.8. The van der Waals surface area contributed by atoms with Gasteiger partial charge in [-0.15, -0.1) is 0 Å². The molecule has 2 aromatic rings. The Kier molecular flexibility index (Phi) is 6.45. The maximum absolute atomic E-state index is 13.1. The molecule has 1 atom stereocenters. The Morgan fingerprint density at radius 1 is 1.03 bits per heavy atom. The summed E-state index contributed by atoms with van der Waals surface area (Å²) >= 11 is 0. The third-order valence-corrected chi connectivity index (χ3v) is 5.15. The lowest BCUT2D eigenvalue weighted by Gasteiger charge is -2.26. The van der Waals surface area contributed by atoms with Gasteiger partial charge in [0.2, 0.25) is 0 Å². The number of carbonyl (C=O) groups is 2. The van der Waals surface area contributed by atoms with Gasteiger partial charge >= 0.3 is 12.1 Å². The molecule has 1 heterocycles. The smallest absolute Gasteiger partial charge is 0.401 e. The minimum Gasteiger partial charge on any atom is -0.454 e. The number of nitrogens with zero attached hydrogens (tertiary/aromatic N) is 2. The number of amides is 1. The Balaban J connectivity index is 1.76. The Morgan fingerprint density at radius 3 is 2.03 bits per heavy atom. The molecule has 2 aromatic carbocycles. The number of alkyl halides is 3. The second-order valence-corrected chi connectivity index (χ2v) is 7.30. The van der Waals surface area contributed by atoms with E-state index in [0.29, 0.717) is 11.4 Å². The number of hydrogen-bond donors (Lipinski definition) is 0. The van der Waals surface area contributed by atoms with E-state index in [1.807, 2.05) is 48.5 Å². The summed E-state index contributed by atoms with van der Waals surface area (Å²) in [5.41, 5.74) is 3.41. The lowest BCUT2D eigenvalue weighted by atomic mass is 10.0. The van der Waals surface area contributed by atoms with E-state index in [0.717, 1.165) is 28.9 Å². The van der Waals surface area contributed by atoms with Crippen LogP contribution in [0.1, 0.15) is 18.1 Å². The number of hydrogen-bond acceptors (Lipinski definition) is 4. The molecule has 5 nitrogen and oxygen atoms in total. The van der Waals surface area contributed by atoms with Gasteiger partial charge in [-0.05, 0) is 50.1 Å². The number of rotatable bonds is 5. The number of carbonyl (C=O) groups excluding carboxylic acids is 2. The van der Waals surface area contributed by atoms with Gasteiger partial charge < -0.3 is 4.74 Å². The molecule has 0 aliphatic carbocycles. The predicted octanol–water partition coefficient (Wildman–Crippen LogP) is 3.88. The molecule has 3 rings (SSSR count). The van der Waals surface area contributed by atoms with Crippen LogP contribution in [-0.4, -0.2) is 49.2 Å². The van der Waals surface area contributed by atoms with E-state index >= 15 is 0 Å². The zero-order valence-electron chi connectivity index (χ0n) is 16.8. The van der Waals surface area contributed by atoms with Crippen LogP contribution in [-0.2, 0) is 27.2 Å². The van der Waals surface area contributed by atoms with Crippen molar-refractivity contribution in [3.8, 4) is 0 Å². The van der Waals surface area contributed by atoms with Gasteiger partial charge in [-0.25, -0.2) is 0 Å². The van der Waals surface area contributed by atoms with Crippen LogP contribution in [0.15, 0.2) is 48.5 Å². The van der Waals surface area contributed by atoms with Crippen molar-refractivity contribution in [2.75, 3.05) is 25.1 Å². The fourth-order valence-electron chi connectivity index (χ4n) is 3.47. The molecule has 30 heavy (non-hydrogen) atoms. The van der Waals surface area contributed by atoms with Gasteiger partial charge in [-0.2, -0.15) is 13.2 Å². The van der Waals surface area contributed by atoms with Crippen molar-refractivity contribution in [1.82, 2.24) is 4.90 Å². The van der Waals surface area contributed by atoms with Crippen molar-refractivity contribution in [1.29, 1.82) is 0 Å². The van der Waals surface area contributed by atoms with Gasteiger partial charge in [0.1, 0.15) is 6.04 Å². The van der Waals surface area contributed by atoms with Crippen LogP contribution in [0.2, 0.25) is 0 Å². The van der Waals surface area contributed by atoms with Crippen LogP contribution in [0.3, 0.4) is 0 Å². The number of para-hydroxylation sites is 2. The minimum absolute atomic E-state index is 0.462. The van der Waals surface area contributed by atoms with E-state index < -0.39 is 37.2 Å². The first-order valence-electron chi connectivity index (χ1n) is 9.60. The zero-order chi connectivity index (χ0) is 21.9. The highest BCUT2D eigenvalue weighted by molar-refractivity contribution is 6.03. The van der Waals surface area contributed by atoms with E-state index in [4.69, 9.17) is 4.74 Å². The molecule has 1 aliphatic heterocycles. The molecule has 0 bridgehead atoms. The fourth-order valence-corrected chi connectivity index (χ4v) is 3.47. The number of halogens is 3. The monoisotopic (exact) mass is 420 g/mol. The largest absolute Gasteiger partial charge is 0.454 e. The molecule has 0 saturated heterocycles. The summed E-state index contributed by atoms with van der Waals surface area (Å²) in [6, 6.07) is 13.9. The van der Waals surface area contributed by atoms with Gasteiger partial charge in [-0.3, -0.25) is 19.4 Å². The van der Waals surface area contributed by atoms with Gasteiger partial charge in [0, 0.05) is 0 Å². The number of aryl methyl sites for hydroxylation is 2. The molecule has 0 fully saturated rings. The Morgan fingerprint density at radius 2 is 1.53 bits per heavy atom. The average Bonchev–Trinajstić information content (AvgIpc) is 2.87. The third kappa shape index (κ3) is 4.99. The highest BCUT2D eigenvalue weighted by Gasteiger charge is 2.34. The lowest BCUT2D eigenvalue weighted by molar-refractivity contribution is -0.163. The lowest BCUT2D eigenvalue weighted by Crippen LogP contribution is -2.43. The van der Waals surface area contributed by atoms with Crippen molar-refractivity contribution < 1.29 is 27.5 Å². The van der Waals surface area contributed by atoms with E-state index in [-0.39, 0.29) is 0 Å². The molecule has 0 saturated carbocycles. The van der Waals surface area contributed by atoms with Gasteiger partial charge in [-0.1, -0.05) is 36.4 Å². The first-order chi connectivity index (χ1) is 14.2. The number of esters is 1. The highest BCUT2D eigenvalue weighted by Crippen LogP contribution is 2.36. The molecular weight excluding hydrogens is 397 g/mol. The molecule has 0 spiro atoms. The molecule has 8 heteroatoms. The molecule has 160 valence electrons. The summed E-state index contributed by atoms with van der Waals surface area (Å²) in [6.07, 6.45) is -2.91. The van der Waals surface area contributed by atoms with Crippen molar-refractivity contribution >= 4 is 23.3 Å². The topological polar surface area (TPSA) is 49.9 Å². The van der Waals surface area contributed by atoms with Crippen molar-refractivity contribution in [2.45, 2.75) is 32.0 Å². The summed E-state index contributed by atoms with van der Waals surface area (Å²) in [6.45, 7) is -0.495. The highest BCUT2D eigenvalue weighted by atomic mass is 19.4. The summed E-state index contributed by atoms with van der Waals surface area (Å²) in [5, 5.41) is 0. The standard InChI is InChI=1S/C22H23F3N2O3/c1-15(26(2)14-22(23,24)25)21(29)30-13-20(28)27-18-9-5-3-7-16(18)11-12-17-8-4-6-10-19(17)27/h3-10,15H,11-14H2,1-2H3. The molecule has 0 radical (unpaired) electrons. The molecule has 1 amide bonds. The van der Waals surface area contributed by atoms with Crippen LogP contribution in [0.4, 0.5) is 24.5 Å². The van der Waals surface area contributed by atoms with Gasteiger partial charge in [0.05, 0.1) is 17.9 Å². The second-order valence-electron chi connectivity index (χ2n) is 7.30. The van der Waals surface area contributed by atoms with Crippen LogP contribution in [0.5, 0.6) is 0 Å². The Bertz CT molecular complexity index is 882. The predicted molar refractivity (Wildman–Crippen MR) is 107 cm³/mol. The minimum atomic E-state index is -4.43. The van der Waals surface area contributed by atoms with E-state index in [1.54, 1.807) is 0 Å². The Labute approximate surface area is 173 Å². The molecule has 1 unspecified atom stereocenters. The van der Waals surface area contributed by atoms with E-state index in [9.17, 15) is 22.8 Å². The van der Waals surface area contributed by atoms with Crippen LogP contribution >= 0.6 is 0 Å². The van der Waals surface area contributed by atoms with Gasteiger partial charge in [0.15, 0.2) is 6.61 Å². The van der Waals surface area contributed by atoms with Crippen molar-refractivity contribution in [3.63, 3.8) is 0 Å². The fraction of sp³-hybridized carbons (Fsp3) is 0.364.